The molecule has 1 heteroatoms. The zero-order valence-corrected chi connectivity index (χ0v) is 6.11. The fraction of sp³-hybridized carbons (Fsp3) is 0.750. The molecule has 2 aliphatic carbocycles. The zero-order chi connectivity index (χ0) is 6.48. The van der Waals surface area contributed by atoms with Crippen molar-refractivity contribution in [3.63, 3.8) is 0 Å². The van der Waals surface area contributed by atoms with Gasteiger partial charge in [0.2, 0.25) is 0 Å². The van der Waals surface area contributed by atoms with Crippen molar-refractivity contribution >= 4 is 17.7 Å². The molecule has 0 heterocycles. The Morgan fingerprint density at radius 1 is 1.44 bits per heavy atom. The molecular weight excluding hydrogens is 103 g/mol. The molecule has 0 saturated heterocycles. The van der Waals surface area contributed by atoms with E-state index < -0.39 is 0 Å². The molecule has 0 aromatic carbocycles. The first-order valence-corrected chi connectivity index (χ1v) is 3.92. The van der Waals surface area contributed by atoms with Gasteiger partial charge in [-0.05, 0) is 0 Å². The third-order valence-corrected chi connectivity index (χ3v) is 3.36. The molecule has 0 aromatic rings. The molecule has 2 bridgehead atoms. The Morgan fingerprint density at radius 3 is 2.11 bits per heavy atom. The van der Waals surface area contributed by atoms with Crippen LogP contribution in [0.1, 0.15) is 25.7 Å². The van der Waals surface area contributed by atoms with Crippen molar-refractivity contribution in [2.45, 2.75) is 29.8 Å². The van der Waals surface area contributed by atoms with Crippen molar-refractivity contribution in [2.24, 2.45) is 5.92 Å². The van der Waals surface area contributed by atoms with E-state index in [0.29, 0.717) is 4.09 Å². The quantitative estimate of drug-likeness (QED) is 0.334. The zero-order valence-electron chi connectivity index (χ0n) is 6.11. The van der Waals surface area contributed by atoms with E-state index in [1.54, 1.807) is 5.57 Å². The van der Waals surface area contributed by atoms with Crippen LogP contribution in [0.15, 0.2) is 12.2 Å². The van der Waals surface area contributed by atoms with Gasteiger partial charge in [-0.15, -0.1) is 0 Å². The summed E-state index contributed by atoms with van der Waals surface area (Å²) in [4.78, 5) is 0. The average molecular weight is 114 g/mol. The monoisotopic (exact) mass is 114 g/mol. The second-order valence-corrected chi connectivity index (χ2v) is 3.86. The van der Waals surface area contributed by atoms with Crippen molar-refractivity contribution in [2.75, 3.05) is 0 Å². The molecule has 0 aromatic heterocycles. The van der Waals surface area contributed by atoms with Gasteiger partial charge < -0.3 is 0 Å². The van der Waals surface area contributed by atoms with Gasteiger partial charge in [0.05, 0.1) is 0 Å². The standard InChI is InChI=1S/C8H11.Li/c1-6-7-2-3-8(6)5-4-7;/h7H,1-5H2;. The predicted molar refractivity (Wildman–Crippen MR) is 39.5 cm³/mol. The Bertz CT molecular complexity index is 152. The molecule has 0 atom stereocenters. The van der Waals surface area contributed by atoms with Crippen LogP contribution in [-0.4, -0.2) is 17.7 Å². The topological polar surface area (TPSA) is 0 Å². The average Bonchev–Trinajstić information content (AvgIpc) is 2.24. The molecule has 0 spiro atoms. The summed E-state index contributed by atoms with van der Waals surface area (Å²) in [6.45, 7) is 4.15. The minimum absolute atomic E-state index is 0.574. The Kier molecular flexibility index (Phi) is 1.13. The number of hydrogen-bond acceptors (Lipinski definition) is 0. The van der Waals surface area contributed by atoms with Crippen LogP contribution in [0.2, 0.25) is 4.09 Å². The first-order chi connectivity index (χ1) is 4.22. The predicted octanol–water partition coefficient (Wildman–Crippen LogP) is 2.07. The maximum atomic E-state index is 4.15. The molecule has 0 amide bonds. The summed E-state index contributed by atoms with van der Waals surface area (Å²) >= 11 is 2.38. The molecule has 2 rings (SSSR count). The third kappa shape index (κ3) is 0.671. The summed E-state index contributed by atoms with van der Waals surface area (Å²) in [5.41, 5.74) is 1.56. The van der Waals surface area contributed by atoms with Crippen molar-refractivity contribution in [3.8, 4) is 0 Å². The Labute approximate surface area is 65.9 Å². The van der Waals surface area contributed by atoms with Gasteiger partial charge >= 0.3 is 65.6 Å². The number of rotatable bonds is 0. The first kappa shape index (κ1) is 6.07. The van der Waals surface area contributed by atoms with Gasteiger partial charge in [0.1, 0.15) is 0 Å². The maximum absolute atomic E-state index is 4.15. The van der Waals surface area contributed by atoms with E-state index in [1.807, 2.05) is 0 Å². The van der Waals surface area contributed by atoms with Gasteiger partial charge in [0, 0.05) is 0 Å². The van der Waals surface area contributed by atoms with E-state index in [4.69, 9.17) is 0 Å². The van der Waals surface area contributed by atoms with E-state index in [1.165, 1.54) is 25.7 Å². The fourth-order valence-corrected chi connectivity index (χ4v) is 2.42. The van der Waals surface area contributed by atoms with Gasteiger partial charge in [-0.3, -0.25) is 0 Å². The van der Waals surface area contributed by atoms with Crippen molar-refractivity contribution in [1.82, 2.24) is 0 Å². The van der Waals surface area contributed by atoms with E-state index in [0.717, 1.165) is 5.92 Å². The minimum atomic E-state index is 0.574. The summed E-state index contributed by atoms with van der Waals surface area (Å²) in [7, 11) is 0. The Hall–Kier alpha value is 0.337. The normalized spacial score (nSPS) is 48.7. The Morgan fingerprint density at radius 2 is 2.00 bits per heavy atom. The number of allylic oxidation sites excluding steroid dienone is 1. The van der Waals surface area contributed by atoms with Crippen LogP contribution in [0, 0.1) is 5.92 Å². The second kappa shape index (κ2) is 1.68. The van der Waals surface area contributed by atoms with Crippen molar-refractivity contribution in [3.05, 3.63) is 12.2 Å². The summed E-state index contributed by atoms with van der Waals surface area (Å²) in [5, 5.41) is 0. The van der Waals surface area contributed by atoms with Crippen LogP contribution in [0.3, 0.4) is 0 Å². The molecule has 0 aliphatic heterocycles. The van der Waals surface area contributed by atoms with Gasteiger partial charge in [-0.2, -0.15) is 0 Å². The summed E-state index contributed by atoms with van der Waals surface area (Å²) in [5.74, 6) is 0.912. The molecule has 0 radical (unpaired) electrons. The first-order valence-electron chi connectivity index (χ1n) is 3.92. The molecular formula is C8H11Li. The van der Waals surface area contributed by atoms with Crippen LogP contribution in [0.4, 0.5) is 0 Å². The molecule has 0 N–H and O–H groups in total. The molecule has 0 nitrogen and oxygen atoms in total. The third-order valence-electron chi connectivity index (χ3n) is 3.36. The Balaban J connectivity index is 2.36. The molecule has 2 fully saturated rings. The van der Waals surface area contributed by atoms with E-state index in [-0.39, 0.29) is 0 Å². The van der Waals surface area contributed by atoms with Gasteiger partial charge in [0.25, 0.3) is 0 Å². The van der Waals surface area contributed by atoms with E-state index in [9.17, 15) is 0 Å². The van der Waals surface area contributed by atoms with Crippen LogP contribution >= 0.6 is 0 Å². The van der Waals surface area contributed by atoms with Crippen molar-refractivity contribution in [1.29, 1.82) is 0 Å². The van der Waals surface area contributed by atoms with Crippen LogP contribution in [-0.2, 0) is 0 Å². The molecule has 44 valence electrons. The molecule has 9 heavy (non-hydrogen) atoms. The number of fused-ring (bicyclic) bond motifs is 2. The SMILES string of the molecule is [Li][C]12CCC(CC1)C2=C. The van der Waals surface area contributed by atoms with Crippen molar-refractivity contribution < 1.29 is 0 Å². The number of hydrogen-bond donors (Lipinski definition) is 0. The van der Waals surface area contributed by atoms with Gasteiger partial charge in [0.15, 0.2) is 0 Å². The van der Waals surface area contributed by atoms with E-state index in [2.05, 4.69) is 24.3 Å². The van der Waals surface area contributed by atoms with Crippen LogP contribution in [0.25, 0.3) is 0 Å². The van der Waals surface area contributed by atoms with Gasteiger partial charge in [-0.25, -0.2) is 0 Å². The molecule has 0 unspecified atom stereocenters. The van der Waals surface area contributed by atoms with Crippen LogP contribution in [0.5, 0.6) is 0 Å². The summed E-state index contributed by atoms with van der Waals surface area (Å²) in [6.07, 6.45) is 5.68. The van der Waals surface area contributed by atoms with Gasteiger partial charge in [-0.1, -0.05) is 0 Å². The second-order valence-electron chi connectivity index (χ2n) is 3.86. The summed E-state index contributed by atoms with van der Waals surface area (Å²) in [6, 6.07) is 0. The molecule has 2 saturated carbocycles. The molecule has 2 aliphatic rings. The van der Waals surface area contributed by atoms with Crippen LogP contribution < -0.4 is 0 Å². The van der Waals surface area contributed by atoms with E-state index >= 15 is 0 Å². The fourth-order valence-electron chi connectivity index (χ4n) is 2.42. The summed E-state index contributed by atoms with van der Waals surface area (Å²) < 4.78 is 0.574.